The average molecular weight is 533 g/mol. The van der Waals surface area contributed by atoms with Crippen LogP contribution in [0.2, 0.25) is 18.1 Å². The Labute approximate surface area is 219 Å². The van der Waals surface area contributed by atoms with Crippen LogP contribution in [0.15, 0.2) is 70.9 Å². The summed E-state index contributed by atoms with van der Waals surface area (Å²) in [6, 6.07) is 8.88. The summed E-state index contributed by atoms with van der Waals surface area (Å²) in [5, 5.41) is -0.555. The minimum absolute atomic E-state index is 0.0108. The van der Waals surface area contributed by atoms with Crippen molar-refractivity contribution in [3.63, 3.8) is 0 Å². The molecule has 0 saturated heterocycles. The van der Waals surface area contributed by atoms with E-state index < -0.39 is 23.4 Å². The molecule has 4 atom stereocenters. The van der Waals surface area contributed by atoms with Crippen LogP contribution in [0.25, 0.3) is 0 Å². The van der Waals surface area contributed by atoms with Crippen LogP contribution in [0.5, 0.6) is 0 Å². The van der Waals surface area contributed by atoms with E-state index in [0.29, 0.717) is 17.1 Å². The van der Waals surface area contributed by atoms with Crippen LogP contribution in [0.3, 0.4) is 0 Å². The zero-order valence-corrected chi connectivity index (χ0v) is 25.2. The van der Waals surface area contributed by atoms with Gasteiger partial charge in [0.1, 0.15) is 5.76 Å². The molecule has 1 saturated carbocycles. The zero-order chi connectivity index (χ0) is 26.9. The van der Waals surface area contributed by atoms with Gasteiger partial charge in [0.05, 0.1) is 16.2 Å². The summed E-state index contributed by atoms with van der Waals surface area (Å²) >= 11 is 0. The van der Waals surface area contributed by atoms with Crippen LogP contribution < -0.4 is 0 Å². The fourth-order valence-electron chi connectivity index (χ4n) is 5.13. The highest BCUT2D eigenvalue weighted by Gasteiger charge is 2.58. The van der Waals surface area contributed by atoms with E-state index in [-0.39, 0.29) is 35.2 Å². The minimum atomic E-state index is -3.59. The number of benzene rings is 1. The molecule has 0 N–H and O–H groups in total. The molecule has 1 unspecified atom stereocenters. The summed E-state index contributed by atoms with van der Waals surface area (Å²) in [5.41, 5.74) is 0.790. The summed E-state index contributed by atoms with van der Waals surface area (Å²) in [4.78, 5) is 0.380. The van der Waals surface area contributed by atoms with Crippen LogP contribution in [-0.2, 0) is 23.7 Å². The molecule has 0 bridgehead atoms. The van der Waals surface area contributed by atoms with Gasteiger partial charge in [0.2, 0.25) is 0 Å². The molecule has 0 radical (unpaired) electrons. The number of hydrogen-bond acceptors (Lipinski definition) is 5. The lowest BCUT2D eigenvalue weighted by Crippen LogP contribution is -2.50. The molecule has 0 aromatic heterocycles. The van der Waals surface area contributed by atoms with Crippen molar-refractivity contribution in [3.05, 3.63) is 66.0 Å². The van der Waals surface area contributed by atoms with Crippen molar-refractivity contribution in [1.82, 2.24) is 0 Å². The van der Waals surface area contributed by atoms with E-state index in [1.54, 1.807) is 31.4 Å². The Bertz CT molecular complexity index is 1110. The predicted octanol–water partition coefficient (Wildman–Crippen LogP) is 6.90. The van der Waals surface area contributed by atoms with Gasteiger partial charge in [-0.05, 0) is 61.2 Å². The maximum atomic E-state index is 14.1. The van der Waals surface area contributed by atoms with Gasteiger partial charge in [-0.3, -0.25) is 0 Å². The molecule has 3 rings (SSSR count). The summed E-state index contributed by atoms with van der Waals surface area (Å²) in [6.07, 6.45) is 8.35. The van der Waals surface area contributed by atoms with E-state index in [9.17, 15) is 8.42 Å². The van der Waals surface area contributed by atoms with Crippen molar-refractivity contribution in [3.8, 4) is 0 Å². The number of methoxy groups -OCH3 is 1. The topological polar surface area (TPSA) is 61.8 Å². The molecule has 36 heavy (non-hydrogen) atoms. The lowest BCUT2D eigenvalue weighted by atomic mass is 9.79. The first-order chi connectivity index (χ1) is 16.6. The third kappa shape index (κ3) is 5.90. The molecule has 1 fully saturated rings. The normalized spacial score (nSPS) is 26.8. The maximum Gasteiger partial charge on any atom is 0.192 e. The number of ether oxygens (including phenoxy) is 2. The maximum absolute atomic E-state index is 14.1. The lowest BCUT2D eigenvalue weighted by Gasteiger charge is -2.44. The Morgan fingerprint density at radius 3 is 2.31 bits per heavy atom. The number of rotatable bonds is 8. The first kappa shape index (κ1) is 28.9. The zero-order valence-electron chi connectivity index (χ0n) is 23.4. The fraction of sp³-hybridized carbons (Fsp3) is 0.586. The van der Waals surface area contributed by atoms with Crippen LogP contribution in [0.1, 0.15) is 48.0 Å². The Morgan fingerprint density at radius 2 is 1.72 bits per heavy atom. The van der Waals surface area contributed by atoms with Gasteiger partial charge in [0.25, 0.3) is 0 Å². The molecule has 2 aliphatic rings. The molecule has 2 aliphatic carbocycles. The second-order valence-electron chi connectivity index (χ2n) is 12.4. The second-order valence-corrected chi connectivity index (χ2v) is 19.3. The Morgan fingerprint density at radius 1 is 1.08 bits per heavy atom. The SMILES string of the molecule is COCOC1=CC=C(C)C([C@@H]2[C@@H](O[Si](C)(C)C(C)(C)C)C(C)(C)C[C@H]2S(=O)(=O)c2ccccc2)C=C1. The monoisotopic (exact) mass is 532 g/mol. The van der Waals surface area contributed by atoms with Gasteiger partial charge in [0.15, 0.2) is 24.9 Å². The largest absolute Gasteiger partial charge is 0.468 e. The Kier molecular flexibility index (Phi) is 8.50. The van der Waals surface area contributed by atoms with Crippen LogP contribution in [-0.4, -0.2) is 42.0 Å². The summed E-state index contributed by atoms with van der Waals surface area (Å²) in [5.74, 6) is 0.354. The average Bonchev–Trinajstić information content (AvgIpc) is 2.92. The molecule has 0 aliphatic heterocycles. The summed E-state index contributed by atoms with van der Waals surface area (Å²) < 4.78 is 46.2. The van der Waals surface area contributed by atoms with Crippen molar-refractivity contribution in [2.75, 3.05) is 13.9 Å². The van der Waals surface area contributed by atoms with E-state index in [2.05, 4.69) is 60.7 Å². The first-order valence-electron chi connectivity index (χ1n) is 12.8. The second kappa shape index (κ2) is 10.6. The van der Waals surface area contributed by atoms with E-state index in [0.717, 1.165) is 5.57 Å². The van der Waals surface area contributed by atoms with Crippen molar-refractivity contribution >= 4 is 18.2 Å². The molecular formula is C29H44O5SSi. The molecule has 5 nitrogen and oxygen atoms in total. The van der Waals surface area contributed by atoms with Gasteiger partial charge in [-0.25, -0.2) is 8.42 Å². The third-order valence-corrected chi connectivity index (χ3v) is 14.9. The fourth-order valence-corrected chi connectivity index (χ4v) is 8.85. The lowest BCUT2D eigenvalue weighted by molar-refractivity contribution is 0.0100. The van der Waals surface area contributed by atoms with Crippen molar-refractivity contribution in [2.45, 2.75) is 82.3 Å². The Balaban J connectivity index is 2.13. The van der Waals surface area contributed by atoms with Gasteiger partial charge in [-0.1, -0.05) is 70.5 Å². The Hall–Kier alpha value is -1.67. The standard InChI is InChI=1S/C29H44O5SSi/c1-21-15-16-22(33-20-32-7)17-18-24(21)26-25(35(30,31)23-13-11-10-12-14-23)19-29(5,6)27(26)34-36(8,9)28(2,3)4/h10-18,24-27H,19-20H2,1-9H3/t24?,25-,26+,27-/m1/s1. The highest BCUT2D eigenvalue weighted by atomic mass is 32.2. The smallest absolute Gasteiger partial charge is 0.192 e. The highest BCUT2D eigenvalue weighted by molar-refractivity contribution is 7.92. The summed E-state index contributed by atoms with van der Waals surface area (Å²) in [6.45, 7) is 17.8. The van der Waals surface area contributed by atoms with Crippen molar-refractivity contribution in [1.29, 1.82) is 0 Å². The molecule has 200 valence electrons. The molecule has 7 heteroatoms. The third-order valence-electron chi connectivity index (χ3n) is 8.24. The van der Waals surface area contributed by atoms with Crippen molar-refractivity contribution in [2.24, 2.45) is 17.3 Å². The number of allylic oxidation sites excluding steroid dienone is 5. The first-order valence-corrected chi connectivity index (χ1v) is 17.2. The quantitative estimate of drug-likeness (QED) is 0.269. The van der Waals surface area contributed by atoms with Gasteiger partial charge in [0, 0.05) is 18.9 Å². The van der Waals surface area contributed by atoms with Gasteiger partial charge >= 0.3 is 0 Å². The van der Waals surface area contributed by atoms with E-state index in [1.165, 1.54) is 0 Å². The minimum Gasteiger partial charge on any atom is -0.468 e. The molecule has 0 spiro atoms. The summed E-state index contributed by atoms with van der Waals surface area (Å²) in [7, 11) is -4.19. The van der Waals surface area contributed by atoms with Crippen LogP contribution in [0.4, 0.5) is 0 Å². The van der Waals surface area contributed by atoms with Crippen LogP contribution in [0, 0.1) is 17.3 Å². The van der Waals surface area contributed by atoms with Crippen molar-refractivity contribution < 1.29 is 22.3 Å². The molecular weight excluding hydrogens is 488 g/mol. The molecule has 1 aromatic rings. The van der Waals surface area contributed by atoms with E-state index >= 15 is 0 Å². The predicted molar refractivity (Wildman–Crippen MR) is 149 cm³/mol. The molecule has 0 amide bonds. The highest BCUT2D eigenvalue weighted by Crippen LogP contribution is 2.54. The van der Waals surface area contributed by atoms with Gasteiger partial charge < -0.3 is 13.9 Å². The molecule has 0 heterocycles. The van der Waals surface area contributed by atoms with Crippen LogP contribution >= 0.6 is 0 Å². The number of hydrogen-bond donors (Lipinski definition) is 0. The number of sulfone groups is 1. The molecule has 1 aromatic carbocycles. The van der Waals surface area contributed by atoms with E-state index in [4.69, 9.17) is 13.9 Å². The van der Waals surface area contributed by atoms with E-state index in [1.807, 2.05) is 24.3 Å². The van der Waals surface area contributed by atoms with Gasteiger partial charge in [-0.2, -0.15) is 0 Å². The van der Waals surface area contributed by atoms with Gasteiger partial charge in [-0.15, -0.1) is 0 Å².